The molecule has 2 N–H and O–H groups in total. The predicted molar refractivity (Wildman–Crippen MR) is 84.8 cm³/mol. The molecule has 1 aromatic heterocycles. The van der Waals surface area contributed by atoms with Crippen molar-refractivity contribution in [1.82, 2.24) is 10.4 Å². The molecule has 0 unspecified atom stereocenters. The number of nitrogens with zero attached hydrogens (tertiary/aromatic N) is 2. The zero-order chi connectivity index (χ0) is 15.9. The maximum atomic E-state index is 11.9. The molecule has 112 valence electrons. The second-order valence-electron chi connectivity index (χ2n) is 4.66. The van der Waals surface area contributed by atoms with Gasteiger partial charge in [0.1, 0.15) is 0 Å². The summed E-state index contributed by atoms with van der Waals surface area (Å²) in [5, 5.41) is 6.51. The molecule has 1 heterocycles. The zero-order valence-corrected chi connectivity index (χ0v) is 12.3. The number of hydrogen-bond acceptors (Lipinski definition) is 4. The molecule has 1 aromatic carbocycles. The normalized spacial score (nSPS) is 10.5. The number of pyridine rings is 1. The lowest BCUT2D eigenvalue weighted by atomic mass is 10.2. The van der Waals surface area contributed by atoms with Crippen LogP contribution in [0.2, 0.25) is 0 Å². The van der Waals surface area contributed by atoms with Gasteiger partial charge in [0.25, 0.3) is 5.91 Å². The van der Waals surface area contributed by atoms with Gasteiger partial charge in [-0.1, -0.05) is 6.07 Å². The largest absolute Gasteiger partial charge is 0.326 e. The van der Waals surface area contributed by atoms with Gasteiger partial charge < -0.3 is 5.32 Å². The molecular formula is C16H16N4O2. The summed E-state index contributed by atoms with van der Waals surface area (Å²) in [5.41, 5.74) is 5.06. The Labute approximate surface area is 128 Å². The third kappa shape index (κ3) is 4.52. The maximum absolute atomic E-state index is 11.9. The van der Waals surface area contributed by atoms with Crippen molar-refractivity contribution in [2.45, 2.75) is 13.8 Å². The van der Waals surface area contributed by atoms with E-state index in [4.69, 9.17) is 0 Å². The fourth-order valence-corrected chi connectivity index (χ4v) is 1.77. The van der Waals surface area contributed by atoms with Gasteiger partial charge in [0.2, 0.25) is 5.91 Å². The van der Waals surface area contributed by atoms with E-state index in [0.29, 0.717) is 16.9 Å². The SMILES string of the molecule is CC(=O)Nc1ccc(C(=O)NN=Cc2cccc(C)n2)cc1. The first kappa shape index (κ1) is 15.4. The highest BCUT2D eigenvalue weighted by molar-refractivity contribution is 5.95. The summed E-state index contributed by atoms with van der Waals surface area (Å²) >= 11 is 0. The average molecular weight is 296 g/mol. The highest BCUT2D eigenvalue weighted by Crippen LogP contribution is 2.09. The number of anilines is 1. The molecular weight excluding hydrogens is 280 g/mol. The first-order chi connectivity index (χ1) is 10.5. The average Bonchev–Trinajstić information content (AvgIpc) is 2.47. The van der Waals surface area contributed by atoms with Crippen molar-refractivity contribution in [3.8, 4) is 0 Å². The van der Waals surface area contributed by atoms with Gasteiger partial charge in [0, 0.05) is 23.9 Å². The molecule has 0 aliphatic rings. The standard InChI is InChI=1S/C16H16N4O2/c1-11-4-3-5-15(18-11)10-17-20-16(22)13-6-8-14(9-7-13)19-12(2)21/h3-10H,1-2H3,(H,19,21)(H,20,22). The van der Waals surface area contributed by atoms with Crippen LogP contribution in [-0.2, 0) is 4.79 Å². The van der Waals surface area contributed by atoms with Crippen LogP contribution in [-0.4, -0.2) is 23.0 Å². The monoisotopic (exact) mass is 296 g/mol. The fraction of sp³-hybridized carbons (Fsp3) is 0.125. The van der Waals surface area contributed by atoms with Gasteiger partial charge in [-0.25, -0.2) is 5.43 Å². The number of aromatic nitrogens is 1. The Hall–Kier alpha value is -3.02. The molecule has 0 radical (unpaired) electrons. The quantitative estimate of drug-likeness (QED) is 0.669. The topological polar surface area (TPSA) is 83.5 Å². The van der Waals surface area contributed by atoms with Crippen molar-refractivity contribution in [2.75, 3.05) is 5.32 Å². The molecule has 0 spiro atoms. The number of aryl methyl sites for hydroxylation is 1. The Bertz CT molecular complexity index is 708. The molecule has 0 aliphatic carbocycles. The molecule has 22 heavy (non-hydrogen) atoms. The first-order valence-electron chi connectivity index (χ1n) is 6.69. The summed E-state index contributed by atoms with van der Waals surface area (Å²) in [4.78, 5) is 27.1. The van der Waals surface area contributed by atoms with E-state index in [2.05, 4.69) is 20.8 Å². The van der Waals surface area contributed by atoms with Gasteiger partial charge in [-0.3, -0.25) is 14.6 Å². The van der Waals surface area contributed by atoms with Crippen molar-refractivity contribution in [1.29, 1.82) is 0 Å². The Kier molecular flexibility index (Phi) is 4.98. The number of nitrogens with one attached hydrogen (secondary N) is 2. The summed E-state index contributed by atoms with van der Waals surface area (Å²) < 4.78 is 0. The summed E-state index contributed by atoms with van der Waals surface area (Å²) in [6.45, 7) is 3.31. The van der Waals surface area contributed by atoms with Crippen molar-refractivity contribution >= 4 is 23.7 Å². The number of hydrazone groups is 1. The van der Waals surface area contributed by atoms with Crippen LogP contribution in [0.3, 0.4) is 0 Å². The van der Waals surface area contributed by atoms with Crippen LogP contribution in [0.15, 0.2) is 47.6 Å². The minimum absolute atomic E-state index is 0.160. The molecule has 6 heteroatoms. The summed E-state index contributed by atoms with van der Waals surface area (Å²) in [6.07, 6.45) is 1.48. The van der Waals surface area contributed by atoms with Gasteiger partial charge in [0.15, 0.2) is 0 Å². The Morgan fingerprint density at radius 3 is 2.50 bits per heavy atom. The van der Waals surface area contributed by atoms with E-state index in [1.165, 1.54) is 13.1 Å². The number of amides is 2. The highest BCUT2D eigenvalue weighted by atomic mass is 16.2. The smallest absolute Gasteiger partial charge is 0.271 e. The van der Waals surface area contributed by atoms with E-state index in [1.54, 1.807) is 30.3 Å². The number of carbonyl (C=O) groups is 2. The number of rotatable bonds is 4. The number of benzene rings is 1. The first-order valence-corrected chi connectivity index (χ1v) is 6.69. The summed E-state index contributed by atoms with van der Waals surface area (Å²) in [5.74, 6) is -0.495. The summed E-state index contributed by atoms with van der Waals surface area (Å²) in [7, 11) is 0. The van der Waals surface area contributed by atoms with E-state index < -0.39 is 0 Å². The zero-order valence-electron chi connectivity index (χ0n) is 12.3. The number of hydrogen-bond donors (Lipinski definition) is 2. The van der Waals surface area contributed by atoms with E-state index in [-0.39, 0.29) is 11.8 Å². The van der Waals surface area contributed by atoms with E-state index >= 15 is 0 Å². The molecule has 0 aliphatic heterocycles. The molecule has 2 rings (SSSR count). The third-order valence-corrected chi connectivity index (χ3v) is 2.74. The molecule has 0 saturated heterocycles. The molecule has 0 fully saturated rings. The lowest BCUT2D eigenvalue weighted by Crippen LogP contribution is -2.17. The Morgan fingerprint density at radius 1 is 1.14 bits per heavy atom. The minimum Gasteiger partial charge on any atom is -0.326 e. The molecule has 0 bridgehead atoms. The fourth-order valence-electron chi connectivity index (χ4n) is 1.77. The lowest BCUT2D eigenvalue weighted by Gasteiger charge is -2.03. The van der Waals surface area contributed by atoms with Gasteiger partial charge in [-0.05, 0) is 43.3 Å². The van der Waals surface area contributed by atoms with E-state index in [9.17, 15) is 9.59 Å². The summed E-state index contributed by atoms with van der Waals surface area (Å²) in [6, 6.07) is 12.1. The molecule has 6 nitrogen and oxygen atoms in total. The van der Waals surface area contributed by atoms with Gasteiger partial charge in [-0.15, -0.1) is 0 Å². The van der Waals surface area contributed by atoms with Crippen LogP contribution in [0, 0.1) is 6.92 Å². The third-order valence-electron chi connectivity index (χ3n) is 2.74. The molecule has 2 amide bonds. The Morgan fingerprint density at radius 2 is 1.86 bits per heavy atom. The van der Waals surface area contributed by atoms with E-state index in [1.807, 2.05) is 19.1 Å². The highest BCUT2D eigenvalue weighted by Gasteiger charge is 2.04. The molecule has 2 aromatic rings. The van der Waals surface area contributed by atoms with Crippen molar-refractivity contribution in [3.63, 3.8) is 0 Å². The molecule has 0 atom stereocenters. The van der Waals surface area contributed by atoms with Crippen LogP contribution >= 0.6 is 0 Å². The second-order valence-corrected chi connectivity index (χ2v) is 4.66. The van der Waals surface area contributed by atoms with Crippen LogP contribution in [0.4, 0.5) is 5.69 Å². The van der Waals surface area contributed by atoms with Crippen molar-refractivity contribution in [3.05, 3.63) is 59.4 Å². The minimum atomic E-state index is -0.335. The Balaban J connectivity index is 1.96. The van der Waals surface area contributed by atoms with Crippen LogP contribution in [0.1, 0.15) is 28.7 Å². The number of carbonyl (C=O) groups excluding carboxylic acids is 2. The maximum Gasteiger partial charge on any atom is 0.271 e. The van der Waals surface area contributed by atoms with Crippen molar-refractivity contribution in [2.24, 2.45) is 5.10 Å². The van der Waals surface area contributed by atoms with Gasteiger partial charge in [-0.2, -0.15) is 5.10 Å². The van der Waals surface area contributed by atoms with Gasteiger partial charge >= 0.3 is 0 Å². The van der Waals surface area contributed by atoms with E-state index in [0.717, 1.165) is 5.69 Å². The van der Waals surface area contributed by atoms with Gasteiger partial charge in [0.05, 0.1) is 11.9 Å². The predicted octanol–water partition coefficient (Wildman–Crippen LogP) is 2.11. The lowest BCUT2D eigenvalue weighted by molar-refractivity contribution is -0.114. The van der Waals surface area contributed by atoms with Crippen LogP contribution in [0.5, 0.6) is 0 Å². The van der Waals surface area contributed by atoms with Crippen LogP contribution < -0.4 is 10.7 Å². The second kappa shape index (κ2) is 7.12. The van der Waals surface area contributed by atoms with Crippen LogP contribution in [0.25, 0.3) is 0 Å². The van der Waals surface area contributed by atoms with Crippen molar-refractivity contribution < 1.29 is 9.59 Å². The molecule has 0 saturated carbocycles.